The Morgan fingerprint density at radius 2 is 2.07 bits per heavy atom. The van der Waals surface area contributed by atoms with Crippen molar-refractivity contribution in [3.8, 4) is 0 Å². The minimum Gasteiger partial charge on any atom is -0.349 e. The van der Waals surface area contributed by atoms with Gasteiger partial charge in [-0.1, -0.05) is 31.4 Å². The van der Waals surface area contributed by atoms with E-state index in [0.717, 1.165) is 29.0 Å². The van der Waals surface area contributed by atoms with Crippen molar-refractivity contribution >= 4 is 22.8 Å². The second-order valence-corrected chi connectivity index (χ2v) is 8.41. The highest BCUT2D eigenvalue weighted by molar-refractivity contribution is 5.84. The van der Waals surface area contributed by atoms with Crippen LogP contribution in [0.3, 0.4) is 0 Å². The van der Waals surface area contributed by atoms with Crippen LogP contribution in [0.5, 0.6) is 0 Å². The van der Waals surface area contributed by atoms with Gasteiger partial charge in [0.05, 0.1) is 23.5 Å². The van der Waals surface area contributed by atoms with E-state index in [-0.39, 0.29) is 17.7 Å². The molecule has 2 heterocycles. The number of fused-ring (bicyclic) bond motifs is 1. The molecule has 150 valence electrons. The lowest BCUT2D eigenvalue weighted by Crippen LogP contribution is -2.47. The van der Waals surface area contributed by atoms with Crippen molar-refractivity contribution in [1.29, 1.82) is 0 Å². The fourth-order valence-corrected chi connectivity index (χ4v) is 4.61. The summed E-state index contributed by atoms with van der Waals surface area (Å²) in [5.41, 5.74) is 3.07. The van der Waals surface area contributed by atoms with E-state index in [0.29, 0.717) is 31.8 Å². The van der Waals surface area contributed by atoms with Crippen LogP contribution in [0.25, 0.3) is 11.0 Å². The zero-order chi connectivity index (χ0) is 19.5. The third kappa shape index (κ3) is 4.21. The number of nitrogens with one attached hydrogen (secondary N) is 2. The number of hydrogen-bond acceptors (Lipinski definition) is 3. The Morgan fingerprint density at radius 3 is 2.86 bits per heavy atom. The van der Waals surface area contributed by atoms with Gasteiger partial charge in [-0.3, -0.25) is 9.59 Å². The summed E-state index contributed by atoms with van der Waals surface area (Å²) in [6, 6.07) is 6.03. The van der Waals surface area contributed by atoms with Crippen molar-refractivity contribution in [2.24, 2.45) is 11.8 Å². The predicted octanol–water partition coefficient (Wildman–Crippen LogP) is 3.31. The Hall–Kier alpha value is -2.37. The Balaban J connectivity index is 1.33. The zero-order valence-corrected chi connectivity index (χ0v) is 16.7. The number of carbonyl (C=O) groups excluding carboxylic acids is 2. The standard InChI is InChI=1S/C22H30N4O2/c1-15-6-5-9-18-21(15)25-19(24-18)12-23-22(28)17-10-11-20(27)26(14-17)13-16-7-3-2-4-8-16/h5-6,9,16-17H,2-4,7-8,10-14H2,1H3,(H,23,28)(H,24,25). The topological polar surface area (TPSA) is 78.1 Å². The lowest BCUT2D eigenvalue weighted by atomic mass is 9.87. The summed E-state index contributed by atoms with van der Waals surface area (Å²) in [7, 11) is 0. The highest BCUT2D eigenvalue weighted by Gasteiger charge is 2.31. The van der Waals surface area contributed by atoms with Crippen LogP contribution in [-0.4, -0.2) is 39.8 Å². The number of nitrogens with zero attached hydrogens (tertiary/aromatic N) is 2. The summed E-state index contributed by atoms with van der Waals surface area (Å²) in [6.45, 7) is 3.80. The molecule has 1 saturated heterocycles. The van der Waals surface area contributed by atoms with Gasteiger partial charge in [0, 0.05) is 19.5 Å². The molecule has 1 aromatic heterocycles. The number of carbonyl (C=O) groups is 2. The van der Waals surface area contributed by atoms with Crippen LogP contribution in [0.4, 0.5) is 0 Å². The molecule has 28 heavy (non-hydrogen) atoms. The maximum atomic E-state index is 12.7. The molecule has 1 saturated carbocycles. The van der Waals surface area contributed by atoms with E-state index in [9.17, 15) is 9.59 Å². The average molecular weight is 383 g/mol. The van der Waals surface area contributed by atoms with E-state index in [2.05, 4.69) is 15.3 Å². The van der Waals surface area contributed by atoms with Crippen molar-refractivity contribution in [2.45, 2.75) is 58.4 Å². The van der Waals surface area contributed by atoms with Gasteiger partial charge in [0.2, 0.25) is 11.8 Å². The normalized spacial score (nSPS) is 21.2. The Bertz CT molecular complexity index is 853. The van der Waals surface area contributed by atoms with Crippen molar-refractivity contribution in [1.82, 2.24) is 20.2 Å². The number of benzene rings is 1. The molecular formula is C22H30N4O2. The number of aromatic amines is 1. The van der Waals surface area contributed by atoms with E-state index < -0.39 is 0 Å². The van der Waals surface area contributed by atoms with Crippen LogP contribution < -0.4 is 5.32 Å². The lowest BCUT2D eigenvalue weighted by Gasteiger charge is -2.35. The summed E-state index contributed by atoms with van der Waals surface area (Å²) < 4.78 is 0. The van der Waals surface area contributed by atoms with Gasteiger partial charge in [-0.2, -0.15) is 0 Å². The molecule has 2 aliphatic rings. The number of imidazole rings is 1. The van der Waals surface area contributed by atoms with Gasteiger partial charge in [0.15, 0.2) is 0 Å². The molecule has 2 amide bonds. The second kappa shape index (κ2) is 8.33. The third-order valence-electron chi connectivity index (χ3n) is 6.27. The maximum Gasteiger partial charge on any atom is 0.225 e. The molecule has 1 unspecified atom stereocenters. The summed E-state index contributed by atoms with van der Waals surface area (Å²) in [4.78, 5) is 34.8. The molecular weight excluding hydrogens is 352 g/mol. The molecule has 1 atom stereocenters. The molecule has 1 aromatic carbocycles. The van der Waals surface area contributed by atoms with Crippen molar-refractivity contribution in [2.75, 3.05) is 13.1 Å². The maximum absolute atomic E-state index is 12.7. The summed E-state index contributed by atoms with van der Waals surface area (Å²) in [6.07, 6.45) is 7.41. The monoisotopic (exact) mass is 382 g/mol. The van der Waals surface area contributed by atoms with E-state index >= 15 is 0 Å². The van der Waals surface area contributed by atoms with Crippen molar-refractivity contribution in [3.63, 3.8) is 0 Å². The number of piperidine rings is 1. The van der Waals surface area contributed by atoms with Gasteiger partial charge in [0.1, 0.15) is 5.82 Å². The highest BCUT2D eigenvalue weighted by atomic mass is 16.2. The first-order valence-electron chi connectivity index (χ1n) is 10.6. The van der Waals surface area contributed by atoms with E-state index in [1.165, 1.54) is 32.1 Å². The minimum atomic E-state index is -0.118. The first-order chi connectivity index (χ1) is 13.6. The summed E-state index contributed by atoms with van der Waals surface area (Å²) >= 11 is 0. The van der Waals surface area contributed by atoms with Crippen LogP contribution in [0.1, 0.15) is 56.3 Å². The molecule has 0 spiro atoms. The summed E-state index contributed by atoms with van der Waals surface area (Å²) in [5.74, 6) is 1.50. The van der Waals surface area contributed by atoms with E-state index in [1.54, 1.807) is 0 Å². The molecule has 1 aliphatic carbocycles. The van der Waals surface area contributed by atoms with Crippen LogP contribution >= 0.6 is 0 Å². The number of amides is 2. The van der Waals surface area contributed by atoms with E-state index in [1.807, 2.05) is 30.0 Å². The third-order valence-corrected chi connectivity index (χ3v) is 6.27. The van der Waals surface area contributed by atoms with Crippen LogP contribution in [0, 0.1) is 18.8 Å². The lowest BCUT2D eigenvalue weighted by molar-refractivity contribution is -0.139. The first kappa shape index (κ1) is 19.0. The second-order valence-electron chi connectivity index (χ2n) is 8.41. The Morgan fingerprint density at radius 1 is 1.25 bits per heavy atom. The van der Waals surface area contributed by atoms with Crippen molar-refractivity contribution < 1.29 is 9.59 Å². The molecule has 0 radical (unpaired) electrons. The van der Waals surface area contributed by atoms with Crippen molar-refractivity contribution in [3.05, 3.63) is 29.6 Å². The first-order valence-corrected chi connectivity index (χ1v) is 10.6. The Kier molecular flexibility index (Phi) is 5.64. The van der Waals surface area contributed by atoms with Gasteiger partial charge < -0.3 is 15.2 Å². The SMILES string of the molecule is Cc1cccc2[nH]c(CNC(=O)C3CCC(=O)N(CC4CCCCC4)C3)nc12. The van der Waals surface area contributed by atoms with E-state index in [4.69, 9.17) is 0 Å². The number of aromatic nitrogens is 2. The van der Waals surface area contributed by atoms with Gasteiger partial charge in [0.25, 0.3) is 0 Å². The number of hydrogen-bond donors (Lipinski definition) is 2. The average Bonchev–Trinajstić information content (AvgIpc) is 3.13. The number of H-pyrrole nitrogens is 1. The number of aryl methyl sites for hydroxylation is 1. The molecule has 0 bridgehead atoms. The van der Waals surface area contributed by atoms with Crippen LogP contribution in [0.15, 0.2) is 18.2 Å². The number of likely N-dealkylation sites (tertiary alicyclic amines) is 1. The van der Waals surface area contributed by atoms with Gasteiger partial charge >= 0.3 is 0 Å². The fourth-order valence-electron chi connectivity index (χ4n) is 4.61. The highest BCUT2D eigenvalue weighted by Crippen LogP contribution is 2.27. The molecule has 2 fully saturated rings. The zero-order valence-electron chi connectivity index (χ0n) is 16.7. The molecule has 2 aromatic rings. The molecule has 4 rings (SSSR count). The van der Waals surface area contributed by atoms with Gasteiger partial charge in [-0.25, -0.2) is 4.98 Å². The number of para-hydroxylation sites is 1. The Labute approximate surface area is 166 Å². The van der Waals surface area contributed by atoms with Crippen LogP contribution in [-0.2, 0) is 16.1 Å². The smallest absolute Gasteiger partial charge is 0.225 e. The quantitative estimate of drug-likeness (QED) is 0.833. The fraction of sp³-hybridized carbons (Fsp3) is 0.591. The molecule has 6 heteroatoms. The van der Waals surface area contributed by atoms with Crippen LogP contribution in [0.2, 0.25) is 0 Å². The van der Waals surface area contributed by atoms with Gasteiger partial charge in [-0.15, -0.1) is 0 Å². The van der Waals surface area contributed by atoms with Gasteiger partial charge in [-0.05, 0) is 43.7 Å². The largest absolute Gasteiger partial charge is 0.349 e. The number of rotatable bonds is 5. The predicted molar refractivity (Wildman–Crippen MR) is 109 cm³/mol. The summed E-state index contributed by atoms with van der Waals surface area (Å²) in [5, 5.41) is 3.02. The molecule has 1 aliphatic heterocycles. The molecule has 2 N–H and O–H groups in total. The molecule has 6 nitrogen and oxygen atoms in total. The minimum absolute atomic E-state index is 0.0262.